The highest BCUT2D eigenvalue weighted by atomic mass is 32.2. The Hall–Kier alpha value is -1.87. The standard InChI is InChI=1S/C16H16O2S/c1-2-19(17,18)13-12-14-8-10-16(11-9-14)15-6-4-3-5-7-15/h3-13H,2H2,1H3. The molecule has 0 heterocycles. The van der Waals surface area contributed by atoms with E-state index in [2.05, 4.69) is 0 Å². The van der Waals surface area contributed by atoms with Crippen LogP contribution in [0.25, 0.3) is 17.2 Å². The number of sulfone groups is 1. The Morgan fingerprint density at radius 1 is 0.895 bits per heavy atom. The summed E-state index contributed by atoms with van der Waals surface area (Å²) in [4.78, 5) is 0. The van der Waals surface area contributed by atoms with Crippen molar-refractivity contribution in [2.24, 2.45) is 0 Å². The molecule has 0 radical (unpaired) electrons. The highest BCUT2D eigenvalue weighted by molar-refractivity contribution is 7.94. The molecule has 0 aliphatic heterocycles. The van der Waals surface area contributed by atoms with Gasteiger partial charge in [-0.2, -0.15) is 0 Å². The first-order chi connectivity index (χ1) is 9.11. The van der Waals surface area contributed by atoms with Gasteiger partial charge in [0.1, 0.15) is 0 Å². The Morgan fingerprint density at radius 2 is 1.47 bits per heavy atom. The predicted octanol–water partition coefficient (Wildman–Crippen LogP) is 3.76. The Kier molecular flexibility index (Phi) is 4.17. The van der Waals surface area contributed by atoms with Crippen LogP contribution in [0.5, 0.6) is 0 Å². The van der Waals surface area contributed by atoms with E-state index in [1.807, 2.05) is 54.6 Å². The van der Waals surface area contributed by atoms with Gasteiger partial charge in [-0.3, -0.25) is 0 Å². The molecule has 0 bridgehead atoms. The average molecular weight is 272 g/mol. The monoisotopic (exact) mass is 272 g/mol. The van der Waals surface area contributed by atoms with Crippen molar-refractivity contribution in [2.75, 3.05) is 5.75 Å². The molecular formula is C16H16O2S. The van der Waals surface area contributed by atoms with E-state index in [1.165, 1.54) is 5.41 Å². The fourth-order valence-electron chi connectivity index (χ4n) is 1.70. The van der Waals surface area contributed by atoms with E-state index in [9.17, 15) is 8.42 Å². The molecule has 0 fully saturated rings. The third-order valence-electron chi connectivity index (χ3n) is 2.89. The molecule has 0 spiro atoms. The quantitative estimate of drug-likeness (QED) is 0.849. The van der Waals surface area contributed by atoms with Crippen molar-refractivity contribution < 1.29 is 8.42 Å². The Balaban J connectivity index is 2.20. The van der Waals surface area contributed by atoms with Crippen molar-refractivity contribution in [2.45, 2.75) is 6.92 Å². The van der Waals surface area contributed by atoms with Crippen LogP contribution in [-0.2, 0) is 9.84 Å². The lowest BCUT2D eigenvalue weighted by Crippen LogP contribution is -1.96. The van der Waals surface area contributed by atoms with E-state index in [-0.39, 0.29) is 5.75 Å². The van der Waals surface area contributed by atoms with E-state index < -0.39 is 9.84 Å². The van der Waals surface area contributed by atoms with Crippen LogP contribution in [0.3, 0.4) is 0 Å². The minimum atomic E-state index is -3.06. The van der Waals surface area contributed by atoms with Gasteiger partial charge in [-0.1, -0.05) is 61.5 Å². The van der Waals surface area contributed by atoms with Crippen molar-refractivity contribution in [3.63, 3.8) is 0 Å². The summed E-state index contributed by atoms with van der Waals surface area (Å²) in [6.45, 7) is 1.64. The third-order valence-corrected chi connectivity index (χ3v) is 4.24. The largest absolute Gasteiger partial charge is 0.224 e. The van der Waals surface area contributed by atoms with Crippen LogP contribution in [0.1, 0.15) is 12.5 Å². The zero-order valence-corrected chi connectivity index (χ0v) is 11.6. The van der Waals surface area contributed by atoms with E-state index >= 15 is 0 Å². The van der Waals surface area contributed by atoms with Gasteiger partial charge in [-0.25, -0.2) is 8.42 Å². The molecule has 0 saturated heterocycles. The van der Waals surface area contributed by atoms with Crippen LogP contribution >= 0.6 is 0 Å². The molecule has 0 saturated carbocycles. The lowest BCUT2D eigenvalue weighted by molar-refractivity contribution is 0.606. The zero-order valence-electron chi connectivity index (χ0n) is 10.8. The fourth-order valence-corrected chi connectivity index (χ4v) is 2.25. The fraction of sp³-hybridized carbons (Fsp3) is 0.125. The molecule has 98 valence electrons. The molecule has 2 rings (SSSR count). The van der Waals surface area contributed by atoms with Crippen LogP contribution in [0.15, 0.2) is 60.0 Å². The SMILES string of the molecule is CCS(=O)(=O)C=Cc1ccc(-c2ccccc2)cc1. The molecular weight excluding hydrogens is 256 g/mol. The average Bonchev–Trinajstić information content (AvgIpc) is 2.47. The van der Waals surface area contributed by atoms with Crippen molar-refractivity contribution in [1.29, 1.82) is 0 Å². The highest BCUT2D eigenvalue weighted by Crippen LogP contribution is 2.19. The Labute approximate surface area is 114 Å². The van der Waals surface area contributed by atoms with E-state index in [0.29, 0.717) is 0 Å². The second-order valence-electron chi connectivity index (χ2n) is 4.24. The first-order valence-corrected chi connectivity index (χ1v) is 7.88. The topological polar surface area (TPSA) is 34.1 Å². The summed E-state index contributed by atoms with van der Waals surface area (Å²) in [5, 5.41) is 1.27. The predicted molar refractivity (Wildman–Crippen MR) is 80.4 cm³/mol. The second-order valence-corrected chi connectivity index (χ2v) is 6.42. The maximum atomic E-state index is 11.4. The number of hydrogen-bond donors (Lipinski definition) is 0. The number of benzene rings is 2. The van der Waals surface area contributed by atoms with Gasteiger partial charge in [-0.15, -0.1) is 0 Å². The van der Waals surface area contributed by atoms with Gasteiger partial charge < -0.3 is 0 Å². The van der Waals surface area contributed by atoms with Gasteiger partial charge in [0.2, 0.25) is 0 Å². The zero-order chi connectivity index (χ0) is 13.7. The molecule has 0 aliphatic rings. The summed E-state index contributed by atoms with van der Waals surface area (Å²) in [6, 6.07) is 17.9. The molecule has 2 aromatic carbocycles. The van der Waals surface area contributed by atoms with Gasteiger partial charge in [0, 0.05) is 5.41 Å². The van der Waals surface area contributed by atoms with Crippen molar-refractivity contribution in [3.05, 3.63) is 65.6 Å². The maximum Gasteiger partial charge on any atom is 0.171 e. The van der Waals surface area contributed by atoms with E-state index in [1.54, 1.807) is 13.0 Å². The summed E-state index contributed by atoms with van der Waals surface area (Å²) in [5.74, 6) is 0.131. The van der Waals surface area contributed by atoms with Crippen molar-refractivity contribution in [3.8, 4) is 11.1 Å². The summed E-state index contributed by atoms with van der Waals surface area (Å²) < 4.78 is 22.7. The van der Waals surface area contributed by atoms with Gasteiger partial charge in [0.15, 0.2) is 9.84 Å². The molecule has 2 aromatic rings. The third kappa shape index (κ3) is 3.80. The van der Waals surface area contributed by atoms with E-state index in [0.717, 1.165) is 16.7 Å². The van der Waals surface area contributed by atoms with Crippen molar-refractivity contribution >= 4 is 15.9 Å². The number of hydrogen-bond acceptors (Lipinski definition) is 2. The summed E-state index contributed by atoms with van der Waals surface area (Å²) in [6.07, 6.45) is 1.63. The summed E-state index contributed by atoms with van der Waals surface area (Å²) in [5.41, 5.74) is 3.16. The number of rotatable bonds is 4. The summed E-state index contributed by atoms with van der Waals surface area (Å²) >= 11 is 0. The molecule has 3 heteroatoms. The molecule has 0 amide bonds. The van der Waals surface area contributed by atoms with E-state index in [4.69, 9.17) is 0 Å². The molecule has 19 heavy (non-hydrogen) atoms. The van der Waals surface area contributed by atoms with Gasteiger partial charge >= 0.3 is 0 Å². The Morgan fingerprint density at radius 3 is 2.05 bits per heavy atom. The molecule has 0 aliphatic carbocycles. The Bertz CT molecular complexity index is 654. The minimum Gasteiger partial charge on any atom is -0.224 e. The minimum absolute atomic E-state index is 0.131. The van der Waals surface area contributed by atoms with Crippen LogP contribution < -0.4 is 0 Å². The summed E-state index contributed by atoms with van der Waals surface area (Å²) in [7, 11) is -3.06. The normalized spacial score (nSPS) is 11.8. The molecule has 2 nitrogen and oxygen atoms in total. The highest BCUT2D eigenvalue weighted by Gasteiger charge is 2.00. The molecule has 0 atom stereocenters. The lowest BCUT2D eigenvalue weighted by atomic mass is 10.0. The van der Waals surface area contributed by atoms with Crippen LogP contribution in [-0.4, -0.2) is 14.2 Å². The van der Waals surface area contributed by atoms with Gasteiger partial charge in [0.05, 0.1) is 5.75 Å². The van der Waals surface area contributed by atoms with Gasteiger partial charge in [0.25, 0.3) is 0 Å². The first-order valence-electron chi connectivity index (χ1n) is 6.17. The van der Waals surface area contributed by atoms with Crippen LogP contribution in [0.2, 0.25) is 0 Å². The lowest BCUT2D eigenvalue weighted by Gasteiger charge is -2.01. The molecule has 0 unspecified atom stereocenters. The van der Waals surface area contributed by atoms with Crippen LogP contribution in [0.4, 0.5) is 0 Å². The molecule has 0 aromatic heterocycles. The van der Waals surface area contributed by atoms with Crippen LogP contribution in [0, 0.1) is 0 Å². The van der Waals surface area contributed by atoms with Gasteiger partial charge in [-0.05, 0) is 22.8 Å². The smallest absolute Gasteiger partial charge is 0.171 e. The maximum absolute atomic E-state index is 11.4. The second kappa shape index (κ2) is 5.85. The van der Waals surface area contributed by atoms with Crippen molar-refractivity contribution in [1.82, 2.24) is 0 Å². The molecule has 0 N–H and O–H groups in total. The first kappa shape index (κ1) is 13.6.